The van der Waals surface area contributed by atoms with Gasteiger partial charge in [-0.3, -0.25) is 4.79 Å². The molecule has 0 aliphatic rings. The highest BCUT2D eigenvalue weighted by Crippen LogP contribution is 2.30. The van der Waals surface area contributed by atoms with Crippen molar-refractivity contribution in [3.63, 3.8) is 0 Å². The number of fused-ring (bicyclic) bond motifs is 1. The van der Waals surface area contributed by atoms with E-state index >= 15 is 0 Å². The molecule has 0 amide bonds. The number of carbonyl (C=O) groups is 1. The van der Waals surface area contributed by atoms with Crippen LogP contribution >= 0.6 is 34.7 Å². The average Bonchev–Trinajstić information content (AvgIpc) is 3.34. The molecule has 138 valence electrons. The van der Waals surface area contributed by atoms with Gasteiger partial charge in [0.05, 0.1) is 17.5 Å². The summed E-state index contributed by atoms with van der Waals surface area (Å²) < 4.78 is 5.60. The van der Waals surface area contributed by atoms with Gasteiger partial charge in [-0.2, -0.15) is 5.26 Å². The molecule has 8 heteroatoms. The number of nitriles is 1. The lowest BCUT2D eigenvalue weighted by Crippen LogP contribution is -2.13. The molecule has 1 atom stereocenters. The fraction of sp³-hybridized carbons (Fsp3) is 0.100. The Morgan fingerprint density at radius 2 is 2.07 bits per heavy atom. The molecule has 0 saturated heterocycles. The van der Waals surface area contributed by atoms with E-state index in [-0.39, 0.29) is 11.5 Å². The summed E-state index contributed by atoms with van der Waals surface area (Å²) in [6, 6.07) is 16.9. The second kappa shape index (κ2) is 8.15. The van der Waals surface area contributed by atoms with Crippen LogP contribution in [0.2, 0.25) is 5.02 Å². The van der Waals surface area contributed by atoms with E-state index < -0.39 is 5.92 Å². The van der Waals surface area contributed by atoms with Crippen LogP contribution in [0.1, 0.15) is 10.9 Å². The van der Waals surface area contributed by atoms with E-state index in [1.165, 1.54) is 11.3 Å². The molecule has 2 heterocycles. The molecule has 0 aliphatic heterocycles. The maximum absolute atomic E-state index is 12.6. The third-order valence-electron chi connectivity index (χ3n) is 3.96. The average molecular weight is 426 g/mol. The van der Waals surface area contributed by atoms with E-state index in [2.05, 4.69) is 16.0 Å². The fourth-order valence-electron chi connectivity index (χ4n) is 2.58. The first-order valence-electron chi connectivity index (χ1n) is 8.26. The lowest BCUT2D eigenvalue weighted by Gasteiger charge is -2.03. The molecule has 0 aliphatic carbocycles. The second-order valence-corrected chi connectivity index (χ2v) is 8.10. The Hall–Kier alpha value is -2.66. The molecule has 0 bridgehead atoms. The van der Waals surface area contributed by atoms with E-state index in [1.807, 2.05) is 35.7 Å². The van der Waals surface area contributed by atoms with Crippen LogP contribution in [0.4, 0.5) is 0 Å². The number of Topliss-reactive ketones (excluding diaryl/α,β-unsaturated/α-hetero) is 1. The molecule has 0 saturated carbocycles. The van der Waals surface area contributed by atoms with Gasteiger partial charge in [-0.15, -0.1) is 11.3 Å². The Morgan fingerprint density at radius 3 is 2.86 bits per heavy atom. The smallest absolute Gasteiger partial charge is 0.257 e. The maximum Gasteiger partial charge on any atom is 0.257 e. The summed E-state index contributed by atoms with van der Waals surface area (Å²) in [5.41, 5.74) is 2.95. The Bertz CT molecular complexity index is 1180. The molecule has 0 N–H and O–H groups in total. The van der Waals surface area contributed by atoms with Crippen LogP contribution in [-0.4, -0.2) is 21.5 Å². The number of hydrogen-bond acceptors (Lipinski definition) is 7. The number of aromatic nitrogens is 2. The van der Waals surface area contributed by atoms with Gasteiger partial charge in [0, 0.05) is 16.0 Å². The molecular formula is C20H12ClN3O2S2. The van der Waals surface area contributed by atoms with Crippen molar-refractivity contribution in [1.29, 1.82) is 5.26 Å². The molecule has 2 aromatic carbocycles. The molecule has 5 nitrogen and oxygen atoms in total. The van der Waals surface area contributed by atoms with E-state index in [1.54, 1.807) is 18.2 Å². The number of nitrogens with zero attached hydrogens (tertiary/aromatic N) is 3. The van der Waals surface area contributed by atoms with Gasteiger partial charge in [-0.05, 0) is 18.2 Å². The largest absolute Gasteiger partial charge is 0.431 e. The standard InChI is InChI=1S/C20H12ClN3O2S2/c21-13-6-7-18-15(8-13)24-20(26-18)28-11-17(25)14(9-22)19-23-16(10-27-19)12-4-2-1-3-5-12/h1-8,10,14H,11H2. The monoisotopic (exact) mass is 425 g/mol. The topological polar surface area (TPSA) is 79.8 Å². The number of benzene rings is 2. The van der Waals surface area contributed by atoms with Crippen molar-refractivity contribution in [2.45, 2.75) is 11.1 Å². The number of rotatable bonds is 6. The Balaban J connectivity index is 1.47. The lowest BCUT2D eigenvalue weighted by molar-refractivity contribution is -0.116. The van der Waals surface area contributed by atoms with Gasteiger partial charge in [0.1, 0.15) is 10.5 Å². The molecule has 4 aromatic rings. The van der Waals surface area contributed by atoms with Gasteiger partial charge in [0.2, 0.25) is 0 Å². The van der Waals surface area contributed by atoms with E-state index in [4.69, 9.17) is 16.0 Å². The summed E-state index contributed by atoms with van der Waals surface area (Å²) in [5.74, 6) is -1.07. The number of hydrogen-bond donors (Lipinski definition) is 0. The number of ketones is 1. The number of thiazole rings is 1. The van der Waals surface area contributed by atoms with Crippen molar-refractivity contribution >= 4 is 51.6 Å². The van der Waals surface area contributed by atoms with Crippen LogP contribution in [0, 0.1) is 11.3 Å². The first-order chi connectivity index (χ1) is 13.6. The normalized spacial score (nSPS) is 12.0. The summed E-state index contributed by atoms with van der Waals surface area (Å²) in [7, 11) is 0. The Kier molecular flexibility index (Phi) is 5.44. The highest BCUT2D eigenvalue weighted by Gasteiger charge is 2.24. The van der Waals surface area contributed by atoms with E-state index in [9.17, 15) is 10.1 Å². The van der Waals surface area contributed by atoms with Gasteiger partial charge in [0.25, 0.3) is 5.22 Å². The SMILES string of the molecule is N#CC(C(=O)CSc1nc2cc(Cl)ccc2o1)c1nc(-c2ccccc2)cs1. The predicted molar refractivity (Wildman–Crippen MR) is 111 cm³/mol. The van der Waals surface area contributed by atoms with Crippen molar-refractivity contribution in [2.24, 2.45) is 0 Å². The minimum absolute atomic E-state index is 0.0685. The maximum atomic E-state index is 12.6. The van der Waals surface area contributed by atoms with Crippen molar-refractivity contribution in [1.82, 2.24) is 9.97 Å². The molecule has 28 heavy (non-hydrogen) atoms. The van der Waals surface area contributed by atoms with Crippen LogP contribution in [-0.2, 0) is 4.79 Å². The van der Waals surface area contributed by atoms with Gasteiger partial charge >= 0.3 is 0 Å². The number of oxazole rings is 1. The van der Waals surface area contributed by atoms with Gasteiger partial charge in [0.15, 0.2) is 17.3 Å². The summed E-state index contributed by atoms with van der Waals surface area (Å²) in [6.07, 6.45) is 0. The van der Waals surface area contributed by atoms with Crippen LogP contribution in [0.15, 0.2) is 63.6 Å². The molecule has 0 radical (unpaired) electrons. The summed E-state index contributed by atoms with van der Waals surface area (Å²) in [6.45, 7) is 0. The summed E-state index contributed by atoms with van der Waals surface area (Å²) in [4.78, 5) is 21.4. The predicted octanol–water partition coefficient (Wildman–Crippen LogP) is 5.57. The molecule has 0 spiro atoms. The van der Waals surface area contributed by atoms with Crippen LogP contribution in [0.3, 0.4) is 0 Å². The Labute approximate surface area is 174 Å². The lowest BCUT2D eigenvalue weighted by atomic mass is 10.1. The first-order valence-corrected chi connectivity index (χ1v) is 10.5. The molecular weight excluding hydrogens is 414 g/mol. The third-order valence-corrected chi connectivity index (χ3v) is 5.95. The molecule has 0 fully saturated rings. The quantitative estimate of drug-likeness (QED) is 0.375. The van der Waals surface area contributed by atoms with E-state index in [0.717, 1.165) is 23.0 Å². The number of halogens is 1. The van der Waals surface area contributed by atoms with E-state index in [0.29, 0.717) is 26.4 Å². The number of thioether (sulfide) groups is 1. The zero-order valence-electron chi connectivity index (χ0n) is 14.3. The van der Waals surface area contributed by atoms with Crippen LogP contribution in [0.5, 0.6) is 0 Å². The summed E-state index contributed by atoms with van der Waals surface area (Å²) >= 11 is 8.42. The zero-order chi connectivity index (χ0) is 19.5. The van der Waals surface area contributed by atoms with Crippen LogP contribution < -0.4 is 0 Å². The molecule has 1 unspecified atom stereocenters. The first kappa shape index (κ1) is 18.7. The highest BCUT2D eigenvalue weighted by atomic mass is 35.5. The molecule has 2 aromatic heterocycles. The van der Waals surface area contributed by atoms with Crippen molar-refractivity contribution < 1.29 is 9.21 Å². The highest BCUT2D eigenvalue weighted by molar-refractivity contribution is 7.99. The van der Waals surface area contributed by atoms with Crippen molar-refractivity contribution in [2.75, 3.05) is 5.75 Å². The minimum atomic E-state index is -0.909. The third kappa shape index (κ3) is 3.94. The minimum Gasteiger partial charge on any atom is -0.431 e. The van der Waals surface area contributed by atoms with Crippen LogP contribution in [0.25, 0.3) is 22.4 Å². The van der Waals surface area contributed by atoms with Crippen molar-refractivity contribution in [3.05, 3.63) is 63.9 Å². The fourth-order valence-corrected chi connectivity index (χ4v) is 4.39. The van der Waals surface area contributed by atoms with Gasteiger partial charge in [-0.25, -0.2) is 9.97 Å². The van der Waals surface area contributed by atoms with Gasteiger partial charge in [-0.1, -0.05) is 53.7 Å². The molecule has 4 rings (SSSR count). The summed E-state index contributed by atoms with van der Waals surface area (Å²) in [5, 5.41) is 12.8. The van der Waals surface area contributed by atoms with Gasteiger partial charge < -0.3 is 4.42 Å². The van der Waals surface area contributed by atoms with Crippen molar-refractivity contribution in [3.8, 4) is 17.3 Å². The second-order valence-electron chi connectivity index (χ2n) is 5.85. The zero-order valence-corrected chi connectivity index (χ0v) is 16.7. The Morgan fingerprint density at radius 1 is 1.25 bits per heavy atom. The number of carbonyl (C=O) groups excluding carboxylic acids is 1.